The maximum Gasteiger partial charge on any atom is 0.336 e. The van der Waals surface area contributed by atoms with Gasteiger partial charge in [-0.05, 0) is 50.5 Å². The van der Waals surface area contributed by atoms with Crippen LogP contribution in [0, 0.1) is 20.8 Å². The molecule has 3 aromatic rings. The number of aromatic hydroxyl groups is 1. The average molecular weight is 352 g/mol. The molecule has 4 nitrogen and oxygen atoms in total. The van der Waals surface area contributed by atoms with Gasteiger partial charge in [-0.3, -0.25) is 0 Å². The third kappa shape index (κ3) is 3.97. The summed E-state index contributed by atoms with van der Waals surface area (Å²) in [6, 6.07) is 11.6. The highest BCUT2D eigenvalue weighted by Gasteiger charge is 2.11. The quantitative estimate of drug-likeness (QED) is 0.529. The Morgan fingerprint density at radius 3 is 2.62 bits per heavy atom. The second kappa shape index (κ2) is 7.75. The maximum absolute atomic E-state index is 11.8. The summed E-state index contributed by atoms with van der Waals surface area (Å²) in [6.07, 6.45) is 2.15. The molecule has 0 aliphatic heterocycles. The van der Waals surface area contributed by atoms with Crippen LogP contribution in [0.5, 0.6) is 5.75 Å². The highest BCUT2D eigenvalue weighted by atomic mass is 16.4. The molecule has 1 heterocycles. The van der Waals surface area contributed by atoms with Crippen molar-refractivity contribution in [2.45, 2.75) is 40.2 Å². The second-order valence-electron chi connectivity index (χ2n) is 6.99. The molecule has 2 aromatic carbocycles. The van der Waals surface area contributed by atoms with Gasteiger partial charge in [0, 0.05) is 29.0 Å². The van der Waals surface area contributed by atoms with Crippen LogP contribution in [0.1, 0.15) is 34.2 Å². The van der Waals surface area contributed by atoms with Gasteiger partial charge in [0.25, 0.3) is 0 Å². The lowest BCUT2D eigenvalue weighted by molar-refractivity contribution is -0.670. The van der Waals surface area contributed by atoms with E-state index in [1.165, 1.54) is 16.7 Å². The fraction of sp³-hybridized carbons (Fsp3) is 0.318. The molecule has 136 valence electrons. The van der Waals surface area contributed by atoms with Crippen LogP contribution in [0.4, 0.5) is 0 Å². The van der Waals surface area contributed by atoms with E-state index in [0.717, 1.165) is 36.9 Å². The Kier molecular flexibility index (Phi) is 5.43. The topological polar surface area (TPSA) is 67.0 Å². The summed E-state index contributed by atoms with van der Waals surface area (Å²) in [5, 5.41) is 12.9. The van der Waals surface area contributed by atoms with Crippen LogP contribution < -0.4 is 10.9 Å². The molecule has 0 saturated heterocycles. The van der Waals surface area contributed by atoms with Crippen molar-refractivity contribution in [3.05, 3.63) is 74.6 Å². The van der Waals surface area contributed by atoms with Crippen molar-refractivity contribution in [2.75, 3.05) is 6.54 Å². The Morgan fingerprint density at radius 2 is 1.85 bits per heavy atom. The minimum atomic E-state index is -0.370. The van der Waals surface area contributed by atoms with Crippen molar-refractivity contribution in [3.8, 4) is 5.75 Å². The smallest absolute Gasteiger partial charge is 0.336 e. The van der Waals surface area contributed by atoms with Crippen LogP contribution in [0.25, 0.3) is 11.0 Å². The van der Waals surface area contributed by atoms with E-state index in [-0.39, 0.29) is 11.4 Å². The third-order valence-corrected chi connectivity index (χ3v) is 4.93. The van der Waals surface area contributed by atoms with Gasteiger partial charge in [0.1, 0.15) is 17.9 Å². The standard InChI is InChI=1S/C22H25NO3/c1-14-6-7-17(15(2)11-14)5-4-10-23-13-18-12-21(25)26-22-16(3)20(24)9-8-19(18)22/h6-9,11-12,23-24H,4-5,10,13H2,1-3H3/p+1. The van der Waals surface area contributed by atoms with E-state index >= 15 is 0 Å². The van der Waals surface area contributed by atoms with Crippen molar-refractivity contribution >= 4 is 11.0 Å². The zero-order valence-corrected chi connectivity index (χ0v) is 15.6. The van der Waals surface area contributed by atoms with Crippen LogP contribution in [0.2, 0.25) is 0 Å². The first-order chi connectivity index (χ1) is 12.5. The number of rotatable bonds is 6. The second-order valence-corrected chi connectivity index (χ2v) is 6.99. The molecule has 0 atom stereocenters. The van der Waals surface area contributed by atoms with Gasteiger partial charge in [0.15, 0.2) is 0 Å². The molecule has 1 aromatic heterocycles. The number of phenolic OH excluding ortho intramolecular Hbond substituents is 1. The lowest BCUT2D eigenvalue weighted by Gasteiger charge is -2.09. The van der Waals surface area contributed by atoms with Crippen molar-refractivity contribution in [1.82, 2.24) is 0 Å². The molecule has 3 N–H and O–H groups in total. The Labute approximate surface area is 153 Å². The van der Waals surface area contributed by atoms with Gasteiger partial charge >= 0.3 is 5.63 Å². The summed E-state index contributed by atoms with van der Waals surface area (Å²) in [5.41, 5.74) is 5.73. The molecule has 0 saturated carbocycles. The monoisotopic (exact) mass is 352 g/mol. The molecule has 26 heavy (non-hydrogen) atoms. The summed E-state index contributed by atoms with van der Waals surface area (Å²) in [5.74, 6) is 0.148. The van der Waals surface area contributed by atoms with E-state index in [4.69, 9.17) is 4.42 Å². The van der Waals surface area contributed by atoms with Crippen molar-refractivity contribution in [2.24, 2.45) is 0 Å². The van der Waals surface area contributed by atoms with Crippen molar-refractivity contribution in [1.29, 1.82) is 0 Å². The van der Waals surface area contributed by atoms with Gasteiger partial charge in [-0.2, -0.15) is 0 Å². The van der Waals surface area contributed by atoms with E-state index in [2.05, 4.69) is 37.4 Å². The minimum Gasteiger partial charge on any atom is -0.508 e. The molecule has 0 aliphatic rings. The average Bonchev–Trinajstić information content (AvgIpc) is 2.60. The van der Waals surface area contributed by atoms with Crippen LogP contribution in [0.3, 0.4) is 0 Å². The molecule has 0 unspecified atom stereocenters. The third-order valence-electron chi connectivity index (χ3n) is 4.93. The first-order valence-corrected chi connectivity index (χ1v) is 9.09. The number of phenols is 1. The Morgan fingerprint density at radius 1 is 1.04 bits per heavy atom. The number of fused-ring (bicyclic) bond motifs is 1. The molecule has 0 aliphatic carbocycles. The molecule has 0 bridgehead atoms. The van der Waals surface area contributed by atoms with Gasteiger partial charge in [0.05, 0.1) is 6.54 Å². The Hall–Kier alpha value is -2.59. The molecular formula is C22H26NO3+. The van der Waals surface area contributed by atoms with Gasteiger partial charge in [-0.25, -0.2) is 4.79 Å². The first-order valence-electron chi connectivity index (χ1n) is 9.09. The van der Waals surface area contributed by atoms with E-state index in [1.54, 1.807) is 19.1 Å². The summed E-state index contributed by atoms with van der Waals surface area (Å²) in [7, 11) is 0. The van der Waals surface area contributed by atoms with Gasteiger partial charge in [-0.1, -0.05) is 23.8 Å². The van der Waals surface area contributed by atoms with Crippen LogP contribution in [-0.4, -0.2) is 11.7 Å². The summed E-state index contributed by atoms with van der Waals surface area (Å²) >= 11 is 0. The van der Waals surface area contributed by atoms with Gasteiger partial charge in [-0.15, -0.1) is 0 Å². The van der Waals surface area contributed by atoms with E-state index in [0.29, 0.717) is 11.1 Å². The van der Waals surface area contributed by atoms with E-state index < -0.39 is 0 Å². The van der Waals surface area contributed by atoms with Crippen LogP contribution in [-0.2, 0) is 13.0 Å². The minimum absolute atomic E-state index is 0.148. The Bertz CT molecular complexity index is 989. The molecule has 0 radical (unpaired) electrons. The summed E-state index contributed by atoms with van der Waals surface area (Å²) in [6.45, 7) is 7.76. The van der Waals surface area contributed by atoms with Gasteiger partial charge < -0.3 is 14.8 Å². The lowest BCUT2D eigenvalue weighted by atomic mass is 10.0. The molecular weight excluding hydrogens is 326 g/mol. The van der Waals surface area contributed by atoms with E-state index in [9.17, 15) is 9.90 Å². The number of hydrogen-bond acceptors (Lipinski definition) is 3. The highest BCUT2D eigenvalue weighted by Crippen LogP contribution is 2.26. The van der Waals surface area contributed by atoms with Crippen LogP contribution >= 0.6 is 0 Å². The van der Waals surface area contributed by atoms with Crippen molar-refractivity contribution in [3.63, 3.8) is 0 Å². The number of benzene rings is 2. The number of aryl methyl sites for hydroxylation is 4. The zero-order valence-electron chi connectivity index (χ0n) is 15.6. The predicted molar refractivity (Wildman–Crippen MR) is 104 cm³/mol. The molecule has 0 spiro atoms. The SMILES string of the molecule is Cc1ccc(CCC[NH2+]Cc2cc(=O)oc3c(C)c(O)ccc23)c(C)c1. The number of nitrogens with two attached hydrogens (primary N) is 1. The fourth-order valence-corrected chi connectivity index (χ4v) is 3.41. The van der Waals surface area contributed by atoms with Gasteiger partial charge in [0.2, 0.25) is 0 Å². The highest BCUT2D eigenvalue weighted by molar-refractivity contribution is 5.84. The van der Waals surface area contributed by atoms with E-state index in [1.807, 2.05) is 6.07 Å². The molecule has 3 rings (SSSR count). The summed E-state index contributed by atoms with van der Waals surface area (Å²) in [4.78, 5) is 11.8. The number of quaternary nitrogens is 1. The predicted octanol–water partition coefficient (Wildman–Crippen LogP) is 3.12. The number of hydrogen-bond donors (Lipinski definition) is 2. The largest absolute Gasteiger partial charge is 0.508 e. The van der Waals surface area contributed by atoms with Crippen molar-refractivity contribution < 1.29 is 14.8 Å². The summed E-state index contributed by atoms with van der Waals surface area (Å²) < 4.78 is 5.29. The zero-order chi connectivity index (χ0) is 18.7. The van der Waals surface area contributed by atoms with Crippen LogP contribution in [0.15, 0.2) is 45.6 Å². The lowest BCUT2D eigenvalue weighted by Crippen LogP contribution is -2.82. The molecule has 4 heteroatoms. The first kappa shape index (κ1) is 18.2. The molecule has 0 amide bonds. The maximum atomic E-state index is 11.8. The fourth-order valence-electron chi connectivity index (χ4n) is 3.41. The normalized spacial score (nSPS) is 11.2. The Balaban J connectivity index is 1.63. The molecule has 0 fully saturated rings.